The first kappa shape index (κ1) is 11.1. The van der Waals surface area contributed by atoms with Gasteiger partial charge < -0.3 is 10.0 Å². The second-order valence-electron chi connectivity index (χ2n) is 4.42. The molecule has 0 spiro atoms. The van der Waals surface area contributed by atoms with Gasteiger partial charge in [0.1, 0.15) is 0 Å². The minimum atomic E-state index is -0.199. The lowest BCUT2D eigenvalue weighted by atomic mass is 10.1. The van der Waals surface area contributed by atoms with Gasteiger partial charge in [-0.3, -0.25) is 4.98 Å². The topological polar surface area (TPSA) is 36.4 Å². The number of nitrogens with zero attached hydrogens (tertiary/aromatic N) is 2. The molecule has 2 rings (SSSR count). The number of hydrogen-bond acceptors (Lipinski definition) is 3. The number of piperidine rings is 1. The van der Waals surface area contributed by atoms with Crippen LogP contribution < -0.4 is 4.90 Å². The minimum absolute atomic E-state index is 0.199. The van der Waals surface area contributed by atoms with Crippen molar-refractivity contribution in [1.82, 2.24) is 4.98 Å². The lowest BCUT2D eigenvalue weighted by Crippen LogP contribution is -2.38. The molecule has 1 aliphatic rings. The van der Waals surface area contributed by atoms with Gasteiger partial charge in [-0.05, 0) is 37.5 Å². The van der Waals surface area contributed by atoms with Gasteiger partial charge in [-0.1, -0.05) is 6.58 Å². The third kappa shape index (κ3) is 2.42. The first-order chi connectivity index (χ1) is 7.66. The molecule has 1 aromatic rings. The van der Waals surface area contributed by atoms with Crippen LogP contribution in [0.2, 0.25) is 0 Å². The summed E-state index contributed by atoms with van der Waals surface area (Å²) in [6, 6.07) is 4.04. The van der Waals surface area contributed by atoms with Crippen LogP contribution in [0.5, 0.6) is 0 Å². The van der Waals surface area contributed by atoms with Crippen LogP contribution in [0.1, 0.15) is 25.5 Å². The zero-order valence-corrected chi connectivity index (χ0v) is 9.69. The van der Waals surface area contributed by atoms with E-state index in [-0.39, 0.29) is 6.10 Å². The van der Waals surface area contributed by atoms with Gasteiger partial charge in [0.25, 0.3) is 0 Å². The van der Waals surface area contributed by atoms with Gasteiger partial charge in [0.2, 0.25) is 0 Å². The van der Waals surface area contributed by atoms with Gasteiger partial charge in [0.05, 0.1) is 23.7 Å². The number of rotatable bonds is 2. The molecule has 0 aliphatic carbocycles. The van der Waals surface area contributed by atoms with Crippen LogP contribution in [0.25, 0.3) is 5.57 Å². The highest BCUT2D eigenvalue weighted by atomic mass is 16.3. The van der Waals surface area contributed by atoms with Crippen LogP contribution in [0.15, 0.2) is 24.9 Å². The minimum Gasteiger partial charge on any atom is -0.391 e. The maximum atomic E-state index is 9.61. The number of anilines is 1. The van der Waals surface area contributed by atoms with Crippen molar-refractivity contribution in [2.45, 2.75) is 25.9 Å². The van der Waals surface area contributed by atoms with Gasteiger partial charge in [-0.25, -0.2) is 0 Å². The van der Waals surface area contributed by atoms with Crippen molar-refractivity contribution in [3.63, 3.8) is 0 Å². The molecule has 86 valence electrons. The number of allylic oxidation sites excluding steroid dienone is 1. The highest BCUT2D eigenvalue weighted by Gasteiger charge is 2.17. The second-order valence-corrected chi connectivity index (χ2v) is 4.42. The average Bonchev–Trinajstić information content (AvgIpc) is 2.29. The van der Waals surface area contributed by atoms with Crippen LogP contribution in [0, 0.1) is 0 Å². The van der Waals surface area contributed by atoms with E-state index in [0.29, 0.717) is 6.54 Å². The monoisotopic (exact) mass is 218 g/mol. The summed E-state index contributed by atoms with van der Waals surface area (Å²) >= 11 is 0. The van der Waals surface area contributed by atoms with Gasteiger partial charge in [-0.15, -0.1) is 0 Å². The number of pyridine rings is 1. The number of hydrogen-bond donors (Lipinski definition) is 1. The van der Waals surface area contributed by atoms with Gasteiger partial charge >= 0.3 is 0 Å². The highest BCUT2D eigenvalue weighted by Crippen LogP contribution is 2.20. The third-order valence-electron chi connectivity index (χ3n) is 2.95. The molecule has 1 aromatic heterocycles. The number of aromatic nitrogens is 1. The smallest absolute Gasteiger partial charge is 0.0715 e. The number of β-amino-alcohol motifs (C(OH)–C–C–N with tert-alkyl or cyclic N) is 1. The lowest BCUT2D eigenvalue weighted by Gasteiger charge is -2.31. The van der Waals surface area contributed by atoms with Crippen molar-refractivity contribution in [2.24, 2.45) is 0 Å². The molecule has 3 heteroatoms. The van der Waals surface area contributed by atoms with Crippen molar-refractivity contribution in [1.29, 1.82) is 0 Å². The van der Waals surface area contributed by atoms with Crippen LogP contribution >= 0.6 is 0 Å². The van der Waals surface area contributed by atoms with E-state index in [1.165, 1.54) is 0 Å². The molecule has 0 unspecified atom stereocenters. The molecule has 0 radical (unpaired) electrons. The van der Waals surface area contributed by atoms with Gasteiger partial charge in [0.15, 0.2) is 0 Å². The van der Waals surface area contributed by atoms with Crippen molar-refractivity contribution in [3.8, 4) is 0 Å². The van der Waals surface area contributed by atoms with Gasteiger partial charge in [0, 0.05) is 13.1 Å². The predicted molar refractivity (Wildman–Crippen MR) is 66.4 cm³/mol. The summed E-state index contributed by atoms with van der Waals surface area (Å²) in [5.74, 6) is 0. The molecule has 0 saturated carbocycles. The maximum Gasteiger partial charge on any atom is 0.0715 e. The van der Waals surface area contributed by atoms with Crippen LogP contribution in [-0.2, 0) is 0 Å². The molecule has 0 amide bonds. The van der Waals surface area contributed by atoms with Crippen molar-refractivity contribution < 1.29 is 5.11 Å². The molecular weight excluding hydrogens is 200 g/mol. The standard InChI is InChI=1S/C13H18N2O/c1-10(2)13-6-5-11(8-14-13)15-7-3-4-12(16)9-15/h5-6,8,12,16H,1,3-4,7,9H2,2H3/t12-/m1/s1. The summed E-state index contributed by atoms with van der Waals surface area (Å²) in [4.78, 5) is 6.54. The normalized spacial score (nSPS) is 20.9. The summed E-state index contributed by atoms with van der Waals surface area (Å²) < 4.78 is 0. The van der Waals surface area contributed by atoms with E-state index < -0.39 is 0 Å². The molecule has 1 aliphatic heterocycles. The molecule has 16 heavy (non-hydrogen) atoms. The Hall–Kier alpha value is -1.35. The fraction of sp³-hybridized carbons (Fsp3) is 0.462. The largest absolute Gasteiger partial charge is 0.391 e. The zero-order valence-electron chi connectivity index (χ0n) is 9.69. The first-order valence-electron chi connectivity index (χ1n) is 5.72. The Labute approximate surface area is 96.4 Å². The summed E-state index contributed by atoms with van der Waals surface area (Å²) in [7, 11) is 0. The maximum absolute atomic E-state index is 9.61. The van der Waals surface area contributed by atoms with Crippen LogP contribution in [0.4, 0.5) is 5.69 Å². The Bertz CT molecular complexity index is 372. The van der Waals surface area contributed by atoms with E-state index in [2.05, 4.69) is 22.5 Å². The molecule has 1 N–H and O–H groups in total. The number of aliphatic hydroxyl groups is 1. The zero-order chi connectivity index (χ0) is 11.5. The Balaban J connectivity index is 2.11. The summed E-state index contributed by atoms with van der Waals surface area (Å²) in [5, 5.41) is 9.61. The van der Waals surface area contributed by atoms with E-state index in [9.17, 15) is 5.11 Å². The molecule has 2 heterocycles. The SMILES string of the molecule is C=C(C)c1ccc(N2CCC[C@@H](O)C2)cn1. The molecule has 1 saturated heterocycles. The molecule has 0 aromatic carbocycles. The first-order valence-corrected chi connectivity index (χ1v) is 5.72. The molecule has 3 nitrogen and oxygen atoms in total. The van der Waals surface area contributed by atoms with Crippen LogP contribution in [-0.4, -0.2) is 29.3 Å². The molecular formula is C13H18N2O. The Morgan fingerprint density at radius 2 is 2.38 bits per heavy atom. The van der Waals surface area contributed by atoms with Gasteiger partial charge in [-0.2, -0.15) is 0 Å². The summed E-state index contributed by atoms with van der Waals surface area (Å²) in [5.41, 5.74) is 3.00. The van der Waals surface area contributed by atoms with E-state index in [0.717, 1.165) is 36.3 Å². The summed E-state index contributed by atoms with van der Waals surface area (Å²) in [6.07, 6.45) is 3.62. The fourth-order valence-electron chi connectivity index (χ4n) is 2.01. The lowest BCUT2D eigenvalue weighted by molar-refractivity contribution is 0.154. The van der Waals surface area contributed by atoms with E-state index in [4.69, 9.17) is 0 Å². The molecule has 1 fully saturated rings. The van der Waals surface area contributed by atoms with E-state index in [1.54, 1.807) is 0 Å². The third-order valence-corrected chi connectivity index (χ3v) is 2.95. The fourth-order valence-corrected chi connectivity index (χ4v) is 2.01. The number of aliphatic hydroxyl groups excluding tert-OH is 1. The van der Waals surface area contributed by atoms with Crippen molar-refractivity contribution in [2.75, 3.05) is 18.0 Å². The van der Waals surface area contributed by atoms with Crippen molar-refractivity contribution in [3.05, 3.63) is 30.6 Å². The predicted octanol–water partition coefficient (Wildman–Crippen LogP) is 2.08. The second kappa shape index (κ2) is 4.66. The summed E-state index contributed by atoms with van der Waals surface area (Å²) in [6.45, 7) is 7.54. The Morgan fingerprint density at radius 3 is 2.94 bits per heavy atom. The van der Waals surface area contributed by atoms with E-state index >= 15 is 0 Å². The quantitative estimate of drug-likeness (QED) is 0.825. The van der Waals surface area contributed by atoms with Crippen LogP contribution in [0.3, 0.4) is 0 Å². The highest BCUT2D eigenvalue weighted by molar-refractivity contribution is 5.59. The Morgan fingerprint density at radius 1 is 1.56 bits per heavy atom. The Kier molecular flexibility index (Phi) is 3.25. The molecule has 1 atom stereocenters. The molecule has 0 bridgehead atoms. The average molecular weight is 218 g/mol. The van der Waals surface area contributed by atoms with E-state index in [1.807, 2.05) is 19.2 Å². The van der Waals surface area contributed by atoms with Crippen molar-refractivity contribution >= 4 is 11.3 Å².